The van der Waals surface area contributed by atoms with E-state index in [4.69, 9.17) is 9.47 Å². The minimum atomic E-state index is -0.418. The molecule has 1 saturated heterocycles. The molecule has 0 aromatic heterocycles. The maximum absolute atomic E-state index is 12.1. The summed E-state index contributed by atoms with van der Waals surface area (Å²) in [4.78, 5) is 13.8. The second-order valence-electron chi connectivity index (χ2n) is 4.05. The number of hydrogen-bond acceptors (Lipinski definition) is 3. The maximum atomic E-state index is 12.1. The number of carbonyl (C=O) groups is 1. The van der Waals surface area contributed by atoms with E-state index in [9.17, 15) is 4.79 Å². The van der Waals surface area contributed by atoms with Crippen LogP contribution in [0.15, 0.2) is 30.3 Å². The SMILES string of the molecule is COC(Cc1ccccc1)C(=O)N1CCOC1. The van der Waals surface area contributed by atoms with Crippen molar-refractivity contribution in [1.82, 2.24) is 4.90 Å². The number of hydrogen-bond donors (Lipinski definition) is 0. The summed E-state index contributed by atoms with van der Waals surface area (Å²) in [7, 11) is 1.57. The minimum Gasteiger partial charge on any atom is -0.371 e. The first-order valence-electron chi connectivity index (χ1n) is 5.74. The van der Waals surface area contributed by atoms with E-state index in [1.54, 1.807) is 12.0 Å². The first-order chi connectivity index (χ1) is 8.31. The first-order valence-corrected chi connectivity index (χ1v) is 5.74. The fourth-order valence-corrected chi connectivity index (χ4v) is 1.89. The second-order valence-corrected chi connectivity index (χ2v) is 4.05. The second kappa shape index (κ2) is 5.80. The zero-order valence-corrected chi connectivity index (χ0v) is 9.96. The molecule has 4 heteroatoms. The molecule has 0 saturated carbocycles. The molecule has 1 unspecified atom stereocenters. The van der Waals surface area contributed by atoms with Crippen LogP contribution in [0, 0.1) is 0 Å². The van der Waals surface area contributed by atoms with Crippen LogP contribution in [0.5, 0.6) is 0 Å². The normalized spacial score (nSPS) is 17.1. The van der Waals surface area contributed by atoms with E-state index in [-0.39, 0.29) is 5.91 Å². The monoisotopic (exact) mass is 235 g/mol. The van der Waals surface area contributed by atoms with Gasteiger partial charge < -0.3 is 14.4 Å². The quantitative estimate of drug-likeness (QED) is 0.783. The van der Waals surface area contributed by atoms with Crippen molar-refractivity contribution in [2.24, 2.45) is 0 Å². The number of ether oxygens (including phenoxy) is 2. The van der Waals surface area contributed by atoms with Gasteiger partial charge in [-0.1, -0.05) is 30.3 Å². The van der Waals surface area contributed by atoms with E-state index < -0.39 is 6.10 Å². The standard InChI is InChI=1S/C13H17NO3/c1-16-12(9-11-5-3-2-4-6-11)13(15)14-7-8-17-10-14/h2-6,12H,7-10H2,1H3. The highest BCUT2D eigenvalue weighted by atomic mass is 16.5. The topological polar surface area (TPSA) is 38.8 Å². The van der Waals surface area contributed by atoms with Crippen molar-refractivity contribution in [2.45, 2.75) is 12.5 Å². The molecular weight excluding hydrogens is 218 g/mol. The Hall–Kier alpha value is -1.39. The van der Waals surface area contributed by atoms with Gasteiger partial charge in [0.25, 0.3) is 5.91 Å². The van der Waals surface area contributed by atoms with Gasteiger partial charge in [-0.2, -0.15) is 0 Å². The van der Waals surface area contributed by atoms with Crippen molar-refractivity contribution in [3.8, 4) is 0 Å². The summed E-state index contributed by atoms with van der Waals surface area (Å²) in [6.07, 6.45) is 0.186. The molecule has 1 aliphatic rings. The van der Waals surface area contributed by atoms with Crippen molar-refractivity contribution in [3.63, 3.8) is 0 Å². The molecule has 0 radical (unpaired) electrons. The fourth-order valence-electron chi connectivity index (χ4n) is 1.89. The van der Waals surface area contributed by atoms with Crippen LogP contribution >= 0.6 is 0 Å². The zero-order valence-electron chi connectivity index (χ0n) is 9.96. The van der Waals surface area contributed by atoms with Gasteiger partial charge in [0.15, 0.2) is 0 Å². The largest absolute Gasteiger partial charge is 0.371 e. The lowest BCUT2D eigenvalue weighted by Gasteiger charge is -2.20. The molecule has 2 rings (SSSR count). The Morgan fingerprint density at radius 2 is 2.24 bits per heavy atom. The van der Waals surface area contributed by atoms with Crippen molar-refractivity contribution < 1.29 is 14.3 Å². The molecule has 1 amide bonds. The lowest BCUT2D eigenvalue weighted by molar-refractivity contribution is -0.142. The predicted molar refractivity (Wildman–Crippen MR) is 63.5 cm³/mol. The summed E-state index contributed by atoms with van der Waals surface area (Å²) in [5.74, 6) is 0.00820. The van der Waals surface area contributed by atoms with Gasteiger partial charge in [-0.25, -0.2) is 0 Å². The number of carbonyl (C=O) groups excluding carboxylic acids is 1. The van der Waals surface area contributed by atoms with E-state index in [0.717, 1.165) is 5.56 Å². The summed E-state index contributed by atoms with van der Waals surface area (Å²) < 4.78 is 10.5. The smallest absolute Gasteiger partial charge is 0.253 e. The molecule has 1 heterocycles. The van der Waals surface area contributed by atoms with Crippen LogP contribution in [0.1, 0.15) is 5.56 Å². The molecule has 17 heavy (non-hydrogen) atoms. The predicted octanol–water partition coefficient (Wildman–Crippen LogP) is 1.06. The zero-order chi connectivity index (χ0) is 12.1. The highest BCUT2D eigenvalue weighted by Crippen LogP contribution is 2.10. The molecule has 0 aliphatic carbocycles. The Balaban J connectivity index is 1.98. The van der Waals surface area contributed by atoms with Gasteiger partial charge >= 0.3 is 0 Å². The van der Waals surface area contributed by atoms with Crippen LogP contribution in [-0.2, 0) is 20.7 Å². The molecule has 4 nitrogen and oxygen atoms in total. The van der Waals surface area contributed by atoms with E-state index in [1.807, 2.05) is 30.3 Å². The van der Waals surface area contributed by atoms with E-state index in [2.05, 4.69) is 0 Å². The average Bonchev–Trinajstić information content (AvgIpc) is 2.90. The molecular formula is C13H17NO3. The molecule has 0 bridgehead atoms. The molecule has 0 spiro atoms. The Morgan fingerprint density at radius 3 is 2.82 bits per heavy atom. The lowest BCUT2D eigenvalue weighted by Crippen LogP contribution is -2.39. The molecule has 1 aromatic rings. The van der Waals surface area contributed by atoms with Gasteiger partial charge in [-0.05, 0) is 5.56 Å². The summed E-state index contributed by atoms with van der Waals surface area (Å²) in [5, 5.41) is 0. The van der Waals surface area contributed by atoms with Crippen LogP contribution in [0.25, 0.3) is 0 Å². The first kappa shape index (κ1) is 12.1. The van der Waals surface area contributed by atoms with Gasteiger partial charge in [0.2, 0.25) is 0 Å². The number of benzene rings is 1. The maximum Gasteiger partial charge on any atom is 0.253 e. The van der Waals surface area contributed by atoms with E-state index >= 15 is 0 Å². The van der Waals surface area contributed by atoms with E-state index in [1.165, 1.54) is 0 Å². The molecule has 1 atom stereocenters. The summed E-state index contributed by atoms with van der Waals surface area (Å²) in [5.41, 5.74) is 1.10. The third-order valence-corrected chi connectivity index (χ3v) is 2.89. The van der Waals surface area contributed by atoms with Crippen LogP contribution in [0.2, 0.25) is 0 Å². The van der Waals surface area contributed by atoms with E-state index in [0.29, 0.717) is 26.3 Å². The van der Waals surface area contributed by atoms with Crippen molar-refractivity contribution in [1.29, 1.82) is 0 Å². The van der Waals surface area contributed by atoms with Crippen molar-refractivity contribution in [2.75, 3.05) is 27.0 Å². The van der Waals surface area contributed by atoms with Crippen molar-refractivity contribution >= 4 is 5.91 Å². The Bertz CT molecular complexity index is 360. The molecule has 1 fully saturated rings. The van der Waals surface area contributed by atoms with Gasteiger partial charge in [0, 0.05) is 20.1 Å². The number of methoxy groups -OCH3 is 1. The lowest BCUT2D eigenvalue weighted by atomic mass is 10.1. The van der Waals surface area contributed by atoms with Gasteiger partial charge in [0.05, 0.1) is 6.61 Å². The summed E-state index contributed by atoms with van der Waals surface area (Å²) in [6, 6.07) is 9.89. The fraction of sp³-hybridized carbons (Fsp3) is 0.462. The van der Waals surface area contributed by atoms with Crippen LogP contribution < -0.4 is 0 Å². The third-order valence-electron chi connectivity index (χ3n) is 2.89. The summed E-state index contributed by atoms with van der Waals surface area (Å²) in [6.45, 7) is 1.66. The molecule has 92 valence electrons. The van der Waals surface area contributed by atoms with Gasteiger partial charge in [0.1, 0.15) is 12.8 Å². The van der Waals surface area contributed by atoms with Crippen LogP contribution in [0.4, 0.5) is 0 Å². The number of amides is 1. The highest BCUT2D eigenvalue weighted by molar-refractivity contribution is 5.81. The number of nitrogens with zero attached hydrogens (tertiary/aromatic N) is 1. The Morgan fingerprint density at radius 1 is 1.47 bits per heavy atom. The average molecular weight is 235 g/mol. The van der Waals surface area contributed by atoms with Gasteiger partial charge in [-0.3, -0.25) is 4.79 Å². The Labute approximate surface area is 101 Å². The van der Waals surface area contributed by atoms with Crippen LogP contribution in [-0.4, -0.2) is 43.9 Å². The summed E-state index contributed by atoms with van der Waals surface area (Å²) >= 11 is 0. The molecule has 1 aliphatic heterocycles. The van der Waals surface area contributed by atoms with Gasteiger partial charge in [-0.15, -0.1) is 0 Å². The highest BCUT2D eigenvalue weighted by Gasteiger charge is 2.26. The third kappa shape index (κ3) is 3.05. The number of rotatable bonds is 4. The van der Waals surface area contributed by atoms with Crippen molar-refractivity contribution in [3.05, 3.63) is 35.9 Å². The minimum absolute atomic E-state index is 0.00820. The molecule has 1 aromatic carbocycles. The Kier molecular flexibility index (Phi) is 4.12. The molecule has 0 N–H and O–H groups in total. The van der Waals surface area contributed by atoms with Crippen LogP contribution in [0.3, 0.4) is 0 Å².